The number of para-hydroxylation sites is 1. The van der Waals surface area contributed by atoms with Crippen molar-refractivity contribution in [2.75, 3.05) is 6.61 Å². The van der Waals surface area contributed by atoms with Crippen LogP contribution in [0.2, 0.25) is 0 Å². The minimum Gasteiger partial charge on any atom is -0.494 e. The summed E-state index contributed by atoms with van der Waals surface area (Å²) >= 11 is 0. The van der Waals surface area contributed by atoms with Crippen molar-refractivity contribution in [3.63, 3.8) is 0 Å². The molecule has 0 fully saturated rings. The summed E-state index contributed by atoms with van der Waals surface area (Å²) in [5.74, 6) is 1.31. The maximum absolute atomic E-state index is 6.06. The number of rotatable bonds is 5. The van der Waals surface area contributed by atoms with Gasteiger partial charge in [0.25, 0.3) is 0 Å². The van der Waals surface area contributed by atoms with Crippen molar-refractivity contribution in [2.24, 2.45) is 5.73 Å². The summed E-state index contributed by atoms with van der Waals surface area (Å²) < 4.78 is 5.60. The first-order chi connectivity index (χ1) is 7.20. The van der Waals surface area contributed by atoms with Gasteiger partial charge >= 0.3 is 0 Å². The monoisotopic (exact) mass is 207 g/mol. The lowest BCUT2D eigenvalue weighted by Gasteiger charge is -2.21. The van der Waals surface area contributed by atoms with E-state index in [1.165, 1.54) is 5.56 Å². The van der Waals surface area contributed by atoms with Gasteiger partial charge in [-0.15, -0.1) is 0 Å². The van der Waals surface area contributed by atoms with Crippen molar-refractivity contribution in [1.29, 1.82) is 0 Å². The topological polar surface area (TPSA) is 35.2 Å². The average molecular weight is 207 g/mol. The molecule has 2 nitrogen and oxygen atoms in total. The predicted molar refractivity (Wildman–Crippen MR) is 64.3 cm³/mol. The highest BCUT2D eigenvalue weighted by Crippen LogP contribution is 2.28. The molecule has 15 heavy (non-hydrogen) atoms. The molecule has 0 aliphatic carbocycles. The van der Waals surface area contributed by atoms with E-state index in [0.717, 1.165) is 12.2 Å². The second-order valence-electron chi connectivity index (χ2n) is 3.83. The van der Waals surface area contributed by atoms with Gasteiger partial charge in [0, 0.05) is 6.04 Å². The van der Waals surface area contributed by atoms with Crippen molar-refractivity contribution in [1.82, 2.24) is 0 Å². The van der Waals surface area contributed by atoms with E-state index in [1.54, 1.807) is 0 Å². The van der Waals surface area contributed by atoms with E-state index in [4.69, 9.17) is 10.5 Å². The Balaban J connectivity index is 2.91. The molecule has 0 spiro atoms. The smallest absolute Gasteiger partial charge is 0.122 e. The van der Waals surface area contributed by atoms with Gasteiger partial charge in [0.05, 0.1) is 6.61 Å². The maximum Gasteiger partial charge on any atom is 0.122 e. The van der Waals surface area contributed by atoms with Gasteiger partial charge in [0.15, 0.2) is 0 Å². The van der Waals surface area contributed by atoms with E-state index in [2.05, 4.69) is 19.9 Å². The minimum atomic E-state index is 0.201. The Kier molecular flexibility index (Phi) is 4.63. The zero-order chi connectivity index (χ0) is 11.3. The van der Waals surface area contributed by atoms with Gasteiger partial charge in [-0.05, 0) is 30.9 Å². The second-order valence-corrected chi connectivity index (χ2v) is 3.83. The summed E-state index contributed by atoms with van der Waals surface area (Å²) in [5, 5.41) is 0. The molecule has 0 heterocycles. The van der Waals surface area contributed by atoms with E-state index >= 15 is 0 Å². The number of nitrogens with two attached hydrogens (primary N) is 1. The molecule has 0 radical (unpaired) electrons. The molecule has 2 heteroatoms. The SMILES string of the molecule is CCOc1ccccc1C(C)C(N)CC. The molecule has 84 valence electrons. The van der Waals surface area contributed by atoms with Gasteiger partial charge in [0.1, 0.15) is 5.75 Å². The van der Waals surface area contributed by atoms with Crippen LogP contribution in [0.15, 0.2) is 24.3 Å². The molecule has 1 aromatic carbocycles. The number of ether oxygens (including phenoxy) is 1. The first kappa shape index (κ1) is 12.1. The molecule has 0 bridgehead atoms. The van der Waals surface area contributed by atoms with Crippen molar-refractivity contribution in [2.45, 2.75) is 39.2 Å². The molecule has 0 aliphatic heterocycles. The van der Waals surface area contributed by atoms with E-state index in [-0.39, 0.29) is 6.04 Å². The Morgan fingerprint density at radius 1 is 1.27 bits per heavy atom. The highest BCUT2D eigenvalue weighted by Gasteiger charge is 2.16. The van der Waals surface area contributed by atoms with Crippen LogP contribution in [0.3, 0.4) is 0 Å². The van der Waals surface area contributed by atoms with Crippen LogP contribution in [0.25, 0.3) is 0 Å². The Labute approximate surface area is 92.4 Å². The van der Waals surface area contributed by atoms with E-state index in [9.17, 15) is 0 Å². The quantitative estimate of drug-likeness (QED) is 0.805. The fourth-order valence-corrected chi connectivity index (χ4v) is 1.73. The summed E-state index contributed by atoms with van der Waals surface area (Å²) in [7, 11) is 0. The van der Waals surface area contributed by atoms with Crippen LogP contribution >= 0.6 is 0 Å². The van der Waals surface area contributed by atoms with Crippen LogP contribution in [0.1, 0.15) is 38.7 Å². The average Bonchev–Trinajstić information content (AvgIpc) is 2.28. The van der Waals surface area contributed by atoms with Crippen molar-refractivity contribution in [3.8, 4) is 5.75 Å². The largest absolute Gasteiger partial charge is 0.494 e. The molecule has 1 rings (SSSR count). The first-order valence-corrected chi connectivity index (χ1v) is 5.68. The van der Waals surface area contributed by atoms with Crippen LogP contribution in [-0.4, -0.2) is 12.6 Å². The molecular formula is C13H21NO. The number of hydrogen-bond donors (Lipinski definition) is 1. The zero-order valence-corrected chi connectivity index (χ0v) is 9.86. The zero-order valence-electron chi connectivity index (χ0n) is 9.86. The number of hydrogen-bond acceptors (Lipinski definition) is 2. The van der Waals surface area contributed by atoms with Crippen LogP contribution in [-0.2, 0) is 0 Å². The molecule has 2 unspecified atom stereocenters. The molecule has 0 saturated heterocycles. The Hall–Kier alpha value is -1.02. The summed E-state index contributed by atoms with van der Waals surface area (Å²) in [6.45, 7) is 6.97. The molecule has 2 atom stereocenters. The van der Waals surface area contributed by atoms with E-state index in [0.29, 0.717) is 12.5 Å². The summed E-state index contributed by atoms with van der Waals surface area (Å²) in [6.07, 6.45) is 0.988. The summed E-state index contributed by atoms with van der Waals surface area (Å²) in [5.41, 5.74) is 7.27. The van der Waals surface area contributed by atoms with Crippen LogP contribution in [0, 0.1) is 0 Å². The predicted octanol–water partition coefficient (Wildman–Crippen LogP) is 2.93. The minimum absolute atomic E-state index is 0.201. The van der Waals surface area contributed by atoms with Gasteiger partial charge in [-0.25, -0.2) is 0 Å². The fourth-order valence-electron chi connectivity index (χ4n) is 1.73. The third-order valence-electron chi connectivity index (χ3n) is 2.82. The van der Waals surface area contributed by atoms with Gasteiger partial charge in [-0.2, -0.15) is 0 Å². The van der Waals surface area contributed by atoms with Crippen LogP contribution in [0.5, 0.6) is 5.75 Å². The van der Waals surface area contributed by atoms with Gasteiger partial charge in [-0.1, -0.05) is 32.0 Å². The van der Waals surface area contributed by atoms with Crippen molar-refractivity contribution in [3.05, 3.63) is 29.8 Å². The maximum atomic E-state index is 6.06. The third kappa shape index (κ3) is 2.96. The van der Waals surface area contributed by atoms with E-state index < -0.39 is 0 Å². The first-order valence-electron chi connectivity index (χ1n) is 5.68. The lowest BCUT2D eigenvalue weighted by Crippen LogP contribution is -2.25. The third-order valence-corrected chi connectivity index (χ3v) is 2.82. The van der Waals surface area contributed by atoms with Crippen molar-refractivity contribution >= 4 is 0 Å². The lowest BCUT2D eigenvalue weighted by atomic mass is 9.92. The van der Waals surface area contributed by atoms with Gasteiger partial charge < -0.3 is 10.5 Å². The molecule has 2 N–H and O–H groups in total. The summed E-state index contributed by atoms with van der Waals surface area (Å²) in [6, 6.07) is 8.35. The Morgan fingerprint density at radius 3 is 2.53 bits per heavy atom. The normalized spacial score (nSPS) is 14.7. The van der Waals surface area contributed by atoms with Crippen LogP contribution in [0.4, 0.5) is 0 Å². The standard InChI is InChI=1S/C13H21NO/c1-4-12(14)10(3)11-8-6-7-9-13(11)15-5-2/h6-10,12H,4-5,14H2,1-3H3. The van der Waals surface area contributed by atoms with Crippen molar-refractivity contribution < 1.29 is 4.74 Å². The molecule has 0 aliphatic rings. The van der Waals surface area contributed by atoms with Gasteiger partial charge in [-0.3, -0.25) is 0 Å². The lowest BCUT2D eigenvalue weighted by molar-refractivity contribution is 0.332. The number of benzene rings is 1. The highest BCUT2D eigenvalue weighted by molar-refractivity contribution is 5.36. The molecule has 0 aromatic heterocycles. The Bertz CT molecular complexity index is 298. The van der Waals surface area contributed by atoms with Gasteiger partial charge in [0.2, 0.25) is 0 Å². The molecule has 0 saturated carbocycles. The Morgan fingerprint density at radius 2 is 1.93 bits per heavy atom. The summed E-state index contributed by atoms with van der Waals surface area (Å²) in [4.78, 5) is 0. The fraction of sp³-hybridized carbons (Fsp3) is 0.538. The molecular weight excluding hydrogens is 186 g/mol. The molecule has 1 aromatic rings. The van der Waals surface area contributed by atoms with E-state index in [1.807, 2.05) is 25.1 Å². The highest BCUT2D eigenvalue weighted by atomic mass is 16.5. The molecule has 0 amide bonds. The second kappa shape index (κ2) is 5.76. The van der Waals surface area contributed by atoms with Crippen LogP contribution < -0.4 is 10.5 Å².